The normalized spacial score (nSPS) is 22.7. The molecule has 0 aliphatic carbocycles. The van der Waals surface area contributed by atoms with Gasteiger partial charge in [-0.15, -0.1) is 0 Å². The van der Waals surface area contributed by atoms with E-state index in [0.29, 0.717) is 6.92 Å². The van der Waals surface area contributed by atoms with Crippen molar-refractivity contribution in [2.24, 2.45) is 0 Å². The van der Waals surface area contributed by atoms with Crippen LogP contribution in [0.5, 0.6) is 0 Å². The maximum absolute atomic E-state index is 12.3. The Bertz CT molecular complexity index is 233. The summed E-state index contributed by atoms with van der Waals surface area (Å²) in [4.78, 5) is 21.3. The fourth-order valence-electron chi connectivity index (χ4n) is 0.817. The molecule has 74 valence electrons. The first-order valence-corrected chi connectivity index (χ1v) is 3.67. The highest BCUT2D eigenvalue weighted by Gasteiger charge is 2.39. The number of hydrogen-bond acceptors (Lipinski definition) is 4. The van der Waals surface area contributed by atoms with Crippen LogP contribution in [0.2, 0.25) is 0 Å². The standard InChI is InChI=1S/C7H8F2O4/c1-7(8,9)6(11)13-4-2-3-12-5(4)10/h4H,2-3H2,1H3. The summed E-state index contributed by atoms with van der Waals surface area (Å²) in [5.41, 5.74) is 0. The van der Waals surface area contributed by atoms with E-state index >= 15 is 0 Å². The Hall–Kier alpha value is -1.20. The molecule has 0 N–H and O–H groups in total. The van der Waals surface area contributed by atoms with Crippen molar-refractivity contribution in [3.63, 3.8) is 0 Å². The quantitative estimate of drug-likeness (QED) is 0.600. The van der Waals surface area contributed by atoms with Crippen LogP contribution in [0.15, 0.2) is 0 Å². The van der Waals surface area contributed by atoms with Crippen LogP contribution >= 0.6 is 0 Å². The molecule has 0 aromatic carbocycles. The molecule has 1 rings (SSSR count). The van der Waals surface area contributed by atoms with E-state index in [1.165, 1.54) is 0 Å². The lowest BCUT2D eigenvalue weighted by molar-refractivity contribution is -0.178. The molecule has 0 amide bonds. The van der Waals surface area contributed by atoms with Gasteiger partial charge in [0.2, 0.25) is 6.10 Å². The number of alkyl halides is 2. The minimum absolute atomic E-state index is 0.103. The average molecular weight is 194 g/mol. The highest BCUT2D eigenvalue weighted by atomic mass is 19.3. The van der Waals surface area contributed by atoms with Gasteiger partial charge in [0.25, 0.3) is 0 Å². The molecule has 6 heteroatoms. The molecule has 0 aromatic heterocycles. The van der Waals surface area contributed by atoms with E-state index in [4.69, 9.17) is 0 Å². The maximum Gasteiger partial charge on any atom is 0.377 e. The monoisotopic (exact) mass is 194 g/mol. The largest absolute Gasteiger partial charge is 0.463 e. The van der Waals surface area contributed by atoms with Crippen molar-refractivity contribution >= 4 is 11.9 Å². The third kappa shape index (κ3) is 2.37. The molecule has 1 unspecified atom stereocenters. The summed E-state index contributed by atoms with van der Waals surface area (Å²) in [6, 6.07) is 0. The summed E-state index contributed by atoms with van der Waals surface area (Å²) in [6.07, 6.45) is -1.03. The zero-order chi connectivity index (χ0) is 10.1. The SMILES string of the molecule is CC(F)(F)C(=O)OC1CCOC1=O. The number of halogens is 2. The third-order valence-electron chi connectivity index (χ3n) is 1.49. The predicted octanol–water partition coefficient (Wildman–Crippen LogP) is 0.500. The van der Waals surface area contributed by atoms with Gasteiger partial charge in [0.05, 0.1) is 6.61 Å². The smallest absolute Gasteiger partial charge is 0.377 e. The molecule has 4 nitrogen and oxygen atoms in total. The van der Waals surface area contributed by atoms with E-state index in [2.05, 4.69) is 9.47 Å². The van der Waals surface area contributed by atoms with Crippen LogP contribution in [0, 0.1) is 0 Å². The van der Waals surface area contributed by atoms with Crippen molar-refractivity contribution in [3.05, 3.63) is 0 Å². The van der Waals surface area contributed by atoms with Crippen LogP contribution in [0.4, 0.5) is 8.78 Å². The highest BCUT2D eigenvalue weighted by molar-refractivity contribution is 5.83. The van der Waals surface area contributed by atoms with E-state index in [9.17, 15) is 18.4 Å². The van der Waals surface area contributed by atoms with E-state index in [0.717, 1.165) is 0 Å². The van der Waals surface area contributed by atoms with Gasteiger partial charge < -0.3 is 9.47 Å². The molecule has 1 saturated heterocycles. The van der Waals surface area contributed by atoms with Crippen molar-refractivity contribution < 1.29 is 27.8 Å². The number of carbonyl (C=O) groups is 2. The molecule has 0 radical (unpaired) electrons. The highest BCUT2D eigenvalue weighted by Crippen LogP contribution is 2.18. The van der Waals surface area contributed by atoms with Crippen LogP contribution in [-0.2, 0) is 19.1 Å². The summed E-state index contributed by atoms with van der Waals surface area (Å²) < 4.78 is 33.2. The maximum atomic E-state index is 12.3. The summed E-state index contributed by atoms with van der Waals surface area (Å²) in [5.74, 6) is -6.03. The second-order valence-corrected chi connectivity index (χ2v) is 2.74. The first-order valence-electron chi connectivity index (χ1n) is 3.67. The van der Waals surface area contributed by atoms with Gasteiger partial charge in [-0.3, -0.25) is 0 Å². The van der Waals surface area contributed by atoms with E-state index < -0.39 is 24.0 Å². The lowest BCUT2D eigenvalue weighted by atomic mass is 10.3. The van der Waals surface area contributed by atoms with E-state index in [1.807, 2.05) is 0 Å². The zero-order valence-electron chi connectivity index (χ0n) is 6.88. The van der Waals surface area contributed by atoms with E-state index in [1.54, 1.807) is 0 Å². The molecule has 1 atom stereocenters. The molecular formula is C7H8F2O4. The van der Waals surface area contributed by atoms with Crippen molar-refractivity contribution in [2.45, 2.75) is 25.4 Å². The Balaban J connectivity index is 2.49. The summed E-state index contributed by atoms with van der Waals surface area (Å²) in [6.45, 7) is 0.516. The van der Waals surface area contributed by atoms with Crippen molar-refractivity contribution in [1.29, 1.82) is 0 Å². The molecule has 13 heavy (non-hydrogen) atoms. The summed E-state index contributed by atoms with van der Waals surface area (Å²) in [7, 11) is 0. The number of rotatable bonds is 2. The minimum atomic E-state index is -3.57. The summed E-state index contributed by atoms with van der Waals surface area (Å²) >= 11 is 0. The van der Waals surface area contributed by atoms with Crippen LogP contribution in [-0.4, -0.2) is 30.6 Å². The number of cyclic esters (lactones) is 1. The Morgan fingerprint density at radius 2 is 2.31 bits per heavy atom. The molecule has 0 saturated carbocycles. The number of hydrogen-bond donors (Lipinski definition) is 0. The second-order valence-electron chi connectivity index (χ2n) is 2.74. The van der Waals surface area contributed by atoms with Gasteiger partial charge in [-0.25, -0.2) is 9.59 Å². The van der Waals surface area contributed by atoms with Crippen LogP contribution < -0.4 is 0 Å². The van der Waals surface area contributed by atoms with Crippen molar-refractivity contribution in [1.82, 2.24) is 0 Å². The topological polar surface area (TPSA) is 52.6 Å². The summed E-state index contributed by atoms with van der Waals surface area (Å²) in [5, 5.41) is 0. The molecule has 0 aromatic rings. The Labute approximate surface area is 72.8 Å². The van der Waals surface area contributed by atoms with E-state index in [-0.39, 0.29) is 13.0 Å². The zero-order valence-corrected chi connectivity index (χ0v) is 6.88. The van der Waals surface area contributed by atoms with Gasteiger partial charge in [-0.05, 0) is 0 Å². The van der Waals surface area contributed by atoms with Crippen molar-refractivity contribution in [3.8, 4) is 0 Å². The Morgan fingerprint density at radius 3 is 2.69 bits per heavy atom. The van der Waals surface area contributed by atoms with Crippen LogP contribution in [0.3, 0.4) is 0 Å². The number of ether oxygens (including phenoxy) is 2. The number of carbonyl (C=O) groups excluding carboxylic acids is 2. The lowest BCUT2D eigenvalue weighted by Crippen LogP contribution is -2.33. The Morgan fingerprint density at radius 1 is 1.69 bits per heavy atom. The molecule has 1 fully saturated rings. The molecule has 0 bridgehead atoms. The number of esters is 2. The molecular weight excluding hydrogens is 186 g/mol. The second kappa shape index (κ2) is 3.27. The van der Waals surface area contributed by atoms with Gasteiger partial charge in [-0.2, -0.15) is 8.78 Å². The minimum Gasteiger partial charge on any atom is -0.463 e. The van der Waals surface area contributed by atoms with Crippen LogP contribution in [0.1, 0.15) is 13.3 Å². The van der Waals surface area contributed by atoms with Crippen molar-refractivity contribution in [2.75, 3.05) is 6.61 Å². The third-order valence-corrected chi connectivity index (χ3v) is 1.49. The molecule has 1 aliphatic heterocycles. The average Bonchev–Trinajstić information content (AvgIpc) is 2.34. The predicted molar refractivity (Wildman–Crippen MR) is 36.1 cm³/mol. The van der Waals surface area contributed by atoms with Gasteiger partial charge in [0.1, 0.15) is 0 Å². The Kier molecular flexibility index (Phi) is 2.49. The first kappa shape index (κ1) is 9.88. The first-order chi connectivity index (χ1) is 5.91. The van der Waals surface area contributed by atoms with Crippen LogP contribution in [0.25, 0.3) is 0 Å². The van der Waals surface area contributed by atoms with Gasteiger partial charge in [0.15, 0.2) is 0 Å². The molecule has 1 aliphatic rings. The fraction of sp³-hybridized carbons (Fsp3) is 0.714. The molecule has 0 spiro atoms. The van der Waals surface area contributed by atoms with Gasteiger partial charge in [0, 0.05) is 13.3 Å². The molecule has 1 heterocycles. The van der Waals surface area contributed by atoms with Gasteiger partial charge >= 0.3 is 17.9 Å². The van der Waals surface area contributed by atoms with Gasteiger partial charge in [-0.1, -0.05) is 0 Å². The lowest BCUT2D eigenvalue weighted by Gasteiger charge is -2.12. The fourth-order valence-corrected chi connectivity index (χ4v) is 0.817.